The Hall–Kier alpha value is -4.63. The van der Waals surface area contributed by atoms with Crippen LogP contribution in [0.4, 0.5) is 0 Å². The van der Waals surface area contributed by atoms with Gasteiger partial charge in [-0.15, -0.1) is 41.5 Å². The monoisotopic (exact) mass is 830 g/mol. The Morgan fingerprint density at radius 3 is 2.14 bits per heavy atom. The molecule has 0 spiro atoms. The first kappa shape index (κ1) is 35.2. The summed E-state index contributed by atoms with van der Waals surface area (Å²) in [4.78, 5) is 4.63. The number of fused-ring (bicyclic) bond motifs is 1. The molecule has 1 aliphatic rings. The van der Waals surface area contributed by atoms with Crippen molar-refractivity contribution >= 4 is 10.8 Å². The molecule has 0 saturated heterocycles. The Morgan fingerprint density at radius 1 is 0.680 bits per heavy atom. The van der Waals surface area contributed by atoms with Crippen LogP contribution in [-0.2, 0) is 26.5 Å². The number of para-hydroxylation sites is 1. The fourth-order valence-corrected chi connectivity index (χ4v) is 6.84. The van der Waals surface area contributed by atoms with Crippen molar-refractivity contribution in [3.05, 3.63) is 163 Å². The van der Waals surface area contributed by atoms with Gasteiger partial charge < -0.3 is 4.98 Å². The van der Waals surface area contributed by atoms with E-state index >= 15 is 0 Å². The molecule has 0 aliphatic heterocycles. The van der Waals surface area contributed by atoms with Crippen molar-refractivity contribution < 1.29 is 20.1 Å². The van der Waals surface area contributed by atoms with Gasteiger partial charge in [0.15, 0.2) is 0 Å². The van der Waals surface area contributed by atoms with E-state index in [0.29, 0.717) is 5.92 Å². The summed E-state index contributed by atoms with van der Waals surface area (Å²) in [6, 6.07) is 49.1. The van der Waals surface area contributed by atoms with E-state index in [1.54, 1.807) is 0 Å². The Bertz CT molecular complexity index is 2090. The van der Waals surface area contributed by atoms with Crippen LogP contribution < -0.4 is 0 Å². The summed E-state index contributed by atoms with van der Waals surface area (Å²) in [5.74, 6) is 1.44. The summed E-state index contributed by atoms with van der Waals surface area (Å²) in [6.07, 6.45) is 13.9. The van der Waals surface area contributed by atoms with Crippen molar-refractivity contribution in [1.29, 1.82) is 0 Å². The van der Waals surface area contributed by atoms with E-state index in [-0.39, 0.29) is 20.1 Å². The van der Waals surface area contributed by atoms with E-state index in [1.165, 1.54) is 65.3 Å². The molecule has 0 atom stereocenters. The first-order valence-corrected chi connectivity index (χ1v) is 17.7. The van der Waals surface area contributed by atoms with Gasteiger partial charge >= 0.3 is 0 Å². The number of hydrogen-bond acceptors (Lipinski definition) is 2. The molecule has 2 aromatic heterocycles. The van der Waals surface area contributed by atoms with Gasteiger partial charge in [0.1, 0.15) is 0 Å². The molecule has 50 heavy (non-hydrogen) atoms. The molecule has 0 N–H and O–H groups in total. The minimum Gasteiger partial charge on any atom is -0.304 e. The smallest absolute Gasteiger partial charge is 0.0571 e. The molecule has 0 bridgehead atoms. The number of aromatic nitrogens is 3. The molecule has 1 aliphatic carbocycles. The maximum absolute atomic E-state index is 4.63. The van der Waals surface area contributed by atoms with Crippen LogP contribution in [0.25, 0.3) is 50.0 Å². The van der Waals surface area contributed by atoms with Gasteiger partial charge in [-0.05, 0) is 75.5 Å². The third kappa shape index (κ3) is 8.74. The minimum absolute atomic E-state index is 0. The molecule has 0 unspecified atom stereocenters. The second-order valence-corrected chi connectivity index (χ2v) is 13.6. The predicted molar refractivity (Wildman–Crippen MR) is 204 cm³/mol. The second-order valence-electron chi connectivity index (χ2n) is 13.6. The van der Waals surface area contributed by atoms with Gasteiger partial charge in [-0.2, -0.15) is 29.4 Å². The maximum Gasteiger partial charge on any atom is 0.0571 e. The first-order valence-electron chi connectivity index (χ1n) is 17.7. The van der Waals surface area contributed by atoms with Gasteiger partial charge in [0.05, 0.1) is 6.20 Å². The van der Waals surface area contributed by atoms with Gasteiger partial charge in [0.2, 0.25) is 0 Å². The molecular weight excluding hydrogens is 787 g/mol. The Labute approximate surface area is 310 Å². The van der Waals surface area contributed by atoms with Crippen LogP contribution in [0.2, 0.25) is 0 Å². The topological polar surface area (TPSA) is 30.7 Å². The van der Waals surface area contributed by atoms with Crippen LogP contribution in [-0.4, -0.2) is 14.8 Å². The summed E-state index contributed by atoms with van der Waals surface area (Å²) in [5.41, 5.74) is 10.7. The average Bonchev–Trinajstić information content (AvgIpc) is 3.67. The molecule has 1 fully saturated rings. The number of nitrogens with zero attached hydrogens (tertiary/aromatic N) is 3. The van der Waals surface area contributed by atoms with Crippen LogP contribution in [0.15, 0.2) is 140 Å². The summed E-state index contributed by atoms with van der Waals surface area (Å²) in [5, 5.41) is 6.82. The normalized spacial score (nSPS) is 13.0. The van der Waals surface area contributed by atoms with E-state index in [0.717, 1.165) is 40.2 Å². The zero-order valence-corrected chi connectivity index (χ0v) is 31.2. The van der Waals surface area contributed by atoms with E-state index in [4.69, 9.17) is 0 Å². The largest absolute Gasteiger partial charge is 0.304 e. The fraction of sp³-hybridized carbons (Fsp3) is 0.217. The molecule has 253 valence electrons. The molecule has 5 aromatic carbocycles. The minimum atomic E-state index is 0. The predicted octanol–water partition coefficient (Wildman–Crippen LogP) is 12.0. The van der Waals surface area contributed by atoms with E-state index < -0.39 is 0 Å². The van der Waals surface area contributed by atoms with Crippen molar-refractivity contribution in [3.63, 3.8) is 0 Å². The number of rotatable bonds is 7. The van der Waals surface area contributed by atoms with Crippen LogP contribution in [0.1, 0.15) is 63.0 Å². The Morgan fingerprint density at radius 2 is 1.40 bits per heavy atom. The zero-order chi connectivity index (χ0) is 33.4. The molecule has 8 rings (SSSR count). The van der Waals surface area contributed by atoms with Gasteiger partial charge in [0.25, 0.3) is 0 Å². The van der Waals surface area contributed by atoms with Gasteiger partial charge in [-0.3, -0.25) is 4.68 Å². The van der Waals surface area contributed by atoms with Crippen LogP contribution in [0.3, 0.4) is 0 Å². The summed E-state index contributed by atoms with van der Waals surface area (Å²) in [7, 11) is 0. The quantitative estimate of drug-likeness (QED) is 0.150. The number of benzene rings is 5. The molecule has 7 aromatic rings. The summed E-state index contributed by atoms with van der Waals surface area (Å²) in [6.45, 7) is 4.51. The molecular formula is C46H43IrN3-2. The third-order valence-electron chi connectivity index (χ3n) is 9.48. The van der Waals surface area contributed by atoms with Crippen LogP contribution in [0.5, 0.6) is 0 Å². The molecule has 3 nitrogen and oxygen atoms in total. The number of hydrogen-bond donors (Lipinski definition) is 0. The van der Waals surface area contributed by atoms with Crippen molar-refractivity contribution in [2.45, 2.75) is 58.3 Å². The Balaban J connectivity index is 0.000000171. The first-order chi connectivity index (χ1) is 24.1. The van der Waals surface area contributed by atoms with Crippen LogP contribution >= 0.6 is 0 Å². The summed E-state index contributed by atoms with van der Waals surface area (Å²) >= 11 is 0. The van der Waals surface area contributed by atoms with E-state index in [9.17, 15) is 0 Å². The second kappa shape index (κ2) is 16.9. The van der Waals surface area contributed by atoms with Gasteiger partial charge in [-0.1, -0.05) is 112 Å². The van der Waals surface area contributed by atoms with Crippen molar-refractivity contribution in [1.82, 2.24) is 14.8 Å². The zero-order valence-electron chi connectivity index (χ0n) is 28.9. The molecule has 1 radical (unpaired) electrons. The average molecular weight is 830 g/mol. The van der Waals surface area contributed by atoms with Gasteiger partial charge in [-0.25, -0.2) is 0 Å². The van der Waals surface area contributed by atoms with Crippen molar-refractivity contribution in [2.24, 2.45) is 5.92 Å². The molecule has 1 saturated carbocycles. The fourth-order valence-electron chi connectivity index (χ4n) is 6.84. The standard InChI is InChI=1S/C25H22N.C21H21N2.Ir/c1-18(2)14-19-10-12-20(13-11-19)21-8-5-9-23(15-21)25-16-22-6-3-4-7-24(22)17-26-25;1-3-7-17(8-4-1)18-11-13-19(14-12-18)20-15-22-23(16-20)21-9-5-2-6-10-21;/h3-8,10-13,15-18H,14H2,1-2H3;2,5-6,9,11-17H,1,3-4,7-8H2;/q2*-1;. The maximum atomic E-state index is 4.63. The van der Waals surface area contributed by atoms with Gasteiger partial charge in [0, 0.05) is 38.1 Å². The third-order valence-corrected chi connectivity index (χ3v) is 9.48. The van der Waals surface area contributed by atoms with E-state index in [1.807, 2.05) is 53.5 Å². The van der Waals surface area contributed by atoms with Crippen molar-refractivity contribution in [3.8, 4) is 39.2 Å². The SMILES string of the molecule is CC(C)Cc1ccc(-c2cc[c-]c(-c3cc4ccccc4cn3)c2)cc1.[Ir].[c-]1ccccc1-n1cc(-c2ccc(C3CCCCC3)cc2)cn1. The molecule has 2 heterocycles. The van der Waals surface area contributed by atoms with E-state index in [2.05, 4.69) is 127 Å². The molecule has 0 amide bonds. The number of pyridine rings is 1. The molecule has 4 heteroatoms. The van der Waals surface area contributed by atoms with Crippen LogP contribution in [0, 0.1) is 18.1 Å². The Kier molecular flexibility index (Phi) is 11.9. The van der Waals surface area contributed by atoms with Crippen molar-refractivity contribution in [2.75, 3.05) is 0 Å². The summed E-state index contributed by atoms with van der Waals surface area (Å²) < 4.78 is 1.88.